The van der Waals surface area contributed by atoms with Crippen LogP contribution in [0.5, 0.6) is 11.5 Å². The fourth-order valence-electron chi connectivity index (χ4n) is 5.53. The Morgan fingerprint density at radius 2 is 1.87 bits per heavy atom. The number of benzene rings is 2. The van der Waals surface area contributed by atoms with Crippen LogP contribution in [-0.2, 0) is 11.3 Å². The number of fused-ring (bicyclic) bond motifs is 2. The lowest BCUT2D eigenvalue weighted by atomic mass is 9.97. The first-order valence-electron chi connectivity index (χ1n) is 11.6. The zero-order valence-corrected chi connectivity index (χ0v) is 18.3. The summed E-state index contributed by atoms with van der Waals surface area (Å²) in [7, 11) is 1.70. The Labute approximate surface area is 184 Å². The number of nitrogens with zero attached hydrogens (tertiary/aromatic N) is 1. The number of ether oxygens (including phenoxy) is 2. The first kappa shape index (κ1) is 20.2. The van der Waals surface area contributed by atoms with E-state index in [1.807, 2.05) is 18.2 Å². The zero-order valence-electron chi connectivity index (χ0n) is 18.3. The second-order valence-corrected chi connectivity index (χ2v) is 9.19. The van der Waals surface area contributed by atoms with E-state index in [2.05, 4.69) is 41.3 Å². The van der Waals surface area contributed by atoms with Crippen molar-refractivity contribution in [1.82, 2.24) is 0 Å². The highest BCUT2D eigenvalue weighted by Crippen LogP contribution is 2.47. The molecule has 3 aliphatic carbocycles. The van der Waals surface area contributed by atoms with E-state index < -0.39 is 0 Å². The predicted octanol–water partition coefficient (Wildman–Crippen LogP) is 5.91. The van der Waals surface area contributed by atoms with Crippen molar-refractivity contribution in [1.29, 1.82) is 0 Å². The van der Waals surface area contributed by atoms with E-state index in [-0.39, 0.29) is 5.78 Å². The standard InChI is InChI=1S/C27H31NO3/c1-30-25-13-12-23(17-27(25)31-26-15-20-10-11-21(26)14-20)28(18-19-6-3-2-4-7-19)22-8-5-9-24(29)16-22/h2-4,6-7,12-13,16-17,20-21,26H,5,8-11,14-15,18H2,1H3. The predicted molar refractivity (Wildman–Crippen MR) is 122 cm³/mol. The van der Waals surface area contributed by atoms with Crippen LogP contribution in [0.2, 0.25) is 0 Å². The molecule has 0 amide bonds. The highest BCUT2D eigenvalue weighted by atomic mass is 16.5. The largest absolute Gasteiger partial charge is 0.493 e. The van der Waals surface area contributed by atoms with Crippen LogP contribution in [0.25, 0.3) is 0 Å². The maximum Gasteiger partial charge on any atom is 0.163 e. The lowest BCUT2D eigenvalue weighted by Gasteiger charge is -2.31. The van der Waals surface area contributed by atoms with Gasteiger partial charge in [0.25, 0.3) is 0 Å². The molecule has 0 spiro atoms. The SMILES string of the molecule is COc1ccc(N(Cc2ccccc2)C2=CC(=O)CCC2)cc1OC1CC2CCC1C2. The average molecular weight is 418 g/mol. The minimum Gasteiger partial charge on any atom is -0.493 e. The molecule has 2 bridgehead atoms. The van der Waals surface area contributed by atoms with E-state index in [9.17, 15) is 4.79 Å². The molecule has 31 heavy (non-hydrogen) atoms. The highest BCUT2D eigenvalue weighted by Gasteiger charge is 2.41. The Balaban J connectivity index is 1.47. The summed E-state index contributed by atoms with van der Waals surface area (Å²) in [4.78, 5) is 14.4. The summed E-state index contributed by atoms with van der Waals surface area (Å²) in [6.07, 6.45) is 9.68. The Kier molecular flexibility index (Phi) is 5.71. The van der Waals surface area contributed by atoms with E-state index >= 15 is 0 Å². The van der Waals surface area contributed by atoms with Crippen LogP contribution in [0.15, 0.2) is 60.3 Å². The molecule has 2 fully saturated rings. The number of rotatable bonds is 7. The molecule has 2 aromatic rings. The summed E-state index contributed by atoms with van der Waals surface area (Å²) < 4.78 is 12.2. The quantitative estimate of drug-likeness (QED) is 0.562. The number of hydrogen-bond acceptors (Lipinski definition) is 4. The van der Waals surface area contributed by atoms with Crippen LogP contribution in [-0.4, -0.2) is 19.0 Å². The molecule has 4 nitrogen and oxygen atoms in total. The van der Waals surface area contributed by atoms with Crippen molar-refractivity contribution in [2.75, 3.05) is 12.0 Å². The highest BCUT2D eigenvalue weighted by molar-refractivity contribution is 5.91. The van der Waals surface area contributed by atoms with Gasteiger partial charge in [0.05, 0.1) is 7.11 Å². The Hall–Kier alpha value is -2.75. The molecule has 0 saturated heterocycles. The molecule has 0 N–H and O–H groups in total. The molecule has 0 aliphatic heterocycles. The van der Waals surface area contributed by atoms with Crippen LogP contribution in [0.4, 0.5) is 5.69 Å². The summed E-state index contributed by atoms with van der Waals surface area (Å²) in [6, 6.07) is 16.6. The summed E-state index contributed by atoms with van der Waals surface area (Å²) in [6.45, 7) is 0.722. The van der Waals surface area contributed by atoms with Crippen molar-refractivity contribution in [3.05, 3.63) is 65.9 Å². The molecular formula is C27H31NO3. The molecule has 162 valence electrons. The summed E-state index contributed by atoms with van der Waals surface area (Å²) >= 11 is 0. The lowest BCUT2D eigenvalue weighted by Crippen LogP contribution is -2.26. The second-order valence-electron chi connectivity index (χ2n) is 9.19. The van der Waals surface area contributed by atoms with Crippen molar-refractivity contribution in [2.45, 2.75) is 57.6 Å². The maximum atomic E-state index is 12.2. The van der Waals surface area contributed by atoms with Gasteiger partial charge >= 0.3 is 0 Å². The Morgan fingerprint density at radius 1 is 1.00 bits per heavy atom. The third-order valence-corrected chi connectivity index (χ3v) is 7.12. The van der Waals surface area contributed by atoms with Gasteiger partial charge in [0.15, 0.2) is 17.3 Å². The summed E-state index contributed by atoms with van der Waals surface area (Å²) in [5.74, 6) is 3.32. The minimum atomic E-state index is 0.214. The fourth-order valence-corrected chi connectivity index (χ4v) is 5.53. The number of hydrogen-bond donors (Lipinski definition) is 0. The van der Waals surface area contributed by atoms with Gasteiger partial charge in [-0.1, -0.05) is 30.3 Å². The number of methoxy groups -OCH3 is 1. The number of carbonyl (C=O) groups excluding carboxylic acids is 1. The summed E-state index contributed by atoms with van der Waals surface area (Å²) in [5.41, 5.74) is 3.34. The lowest BCUT2D eigenvalue weighted by molar-refractivity contribution is -0.115. The van der Waals surface area contributed by atoms with Crippen LogP contribution >= 0.6 is 0 Å². The van der Waals surface area contributed by atoms with Crippen molar-refractivity contribution in [3.8, 4) is 11.5 Å². The molecule has 2 aromatic carbocycles. The molecule has 0 heterocycles. The van der Waals surface area contributed by atoms with Crippen molar-refractivity contribution < 1.29 is 14.3 Å². The minimum absolute atomic E-state index is 0.214. The first-order chi connectivity index (χ1) is 15.2. The monoisotopic (exact) mass is 417 g/mol. The van der Waals surface area contributed by atoms with Crippen molar-refractivity contribution in [3.63, 3.8) is 0 Å². The van der Waals surface area contributed by atoms with Gasteiger partial charge in [0.2, 0.25) is 0 Å². The smallest absolute Gasteiger partial charge is 0.163 e. The Morgan fingerprint density at radius 3 is 2.58 bits per heavy atom. The molecule has 4 heteroatoms. The van der Waals surface area contributed by atoms with E-state index in [4.69, 9.17) is 9.47 Å². The fraction of sp³-hybridized carbons (Fsp3) is 0.444. The van der Waals surface area contributed by atoms with Gasteiger partial charge < -0.3 is 14.4 Å². The van der Waals surface area contributed by atoms with Crippen molar-refractivity contribution >= 4 is 11.5 Å². The van der Waals surface area contributed by atoms with Gasteiger partial charge in [-0.25, -0.2) is 0 Å². The maximum absolute atomic E-state index is 12.2. The molecule has 0 aromatic heterocycles. The van der Waals surface area contributed by atoms with Crippen molar-refractivity contribution in [2.24, 2.45) is 11.8 Å². The van der Waals surface area contributed by atoms with Crippen LogP contribution in [0, 0.1) is 11.8 Å². The third kappa shape index (κ3) is 4.34. The number of carbonyl (C=O) groups is 1. The van der Waals surface area contributed by atoms with Crippen LogP contribution < -0.4 is 14.4 Å². The van der Waals surface area contributed by atoms with Gasteiger partial charge in [-0.3, -0.25) is 4.79 Å². The number of allylic oxidation sites excluding steroid dienone is 2. The molecule has 0 radical (unpaired) electrons. The molecule has 2 saturated carbocycles. The first-order valence-corrected chi connectivity index (χ1v) is 11.6. The van der Waals surface area contributed by atoms with E-state index in [0.29, 0.717) is 18.4 Å². The third-order valence-electron chi connectivity index (χ3n) is 7.12. The van der Waals surface area contributed by atoms with Crippen LogP contribution in [0.1, 0.15) is 50.5 Å². The molecule has 3 aliphatic rings. The molecular weight excluding hydrogens is 386 g/mol. The van der Waals surface area contributed by atoms with Gasteiger partial charge in [0, 0.05) is 36.5 Å². The van der Waals surface area contributed by atoms with Gasteiger partial charge in [-0.15, -0.1) is 0 Å². The van der Waals surface area contributed by atoms with Gasteiger partial charge in [0.1, 0.15) is 6.10 Å². The zero-order chi connectivity index (χ0) is 21.2. The van der Waals surface area contributed by atoms with Gasteiger partial charge in [-0.2, -0.15) is 0 Å². The van der Waals surface area contributed by atoms with Gasteiger partial charge in [-0.05, 0) is 68.1 Å². The second kappa shape index (κ2) is 8.78. The molecule has 3 unspecified atom stereocenters. The van der Waals surface area contributed by atoms with E-state index in [0.717, 1.165) is 54.6 Å². The Bertz CT molecular complexity index is 968. The number of ketones is 1. The summed E-state index contributed by atoms with van der Waals surface area (Å²) in [5, 5.41) is 0. The topological polar surface area (TPSA) is 38.8 Å². The number of anilines is 1. The molecule has 5 rings (SSSR count). The molecule has 3 atom stereocenters. The normalized spacial score (nSPS) is 24.7. The van der Waals surface area contributed by atoms with Crippen LogP contribution in [0.3, 0.4) is 0 Å². The average Bonchev–Trinajstić information content (AvgIpc) is 3.41. The van der Waals surface area contributed by atoms with E-state index in [1.54, 1.807) is 7.11 Å². The van der Waals surface area contributed by atoms with E-state index in [1.165, 1.54) is 24.8 Å².